The van der Waals surface area contributed by atoms with Crippen molar-refractivity contribution in [2.45, 2.75) is 12.6 Å². The Balaban J connectivity index is 1.58. The first kappa shape index (κ1) is 20.5. The van der Waals surface area contributed by atoms with Gasteiger partial charge in [-0.1, -0.05) is 30.3 Å². The lowest BCUT2D eigenvalue weighted by atomic mass is 10.1. The minimum atomic E-state index is -0.453. The molecule has 1 saturated heterocycles. The molecule has 2 aromatic carbocycles. The third-order valence-electron chi connectivity index (χ3n) is 5.13. The van der Waals surface area contributed by atoms with Gasteiger partial charge in [0.15, 0.2) is 0 Å². The van der Waals surface area contributed by atoms with Crippen molar-refractivity contribution in [1.82, 2.24) is 20.1 Å². The molecule has 0 spiro atoms. The Morgan fingerprint density at radius 2 is 1.97 bits per heavy atom. The number of amides is 1. The van der Waals surface area contributed by atoms with Crippen LogP contribution in [0.2, 0.25) is 0 Å². The Kier molecular flexibility index (Phi) is 6.18. The Bertz CT molecular complexity index is 1040. The molecule has 0 bridgehead atoms. The van der Waals surface area contributed by atoms with Crippen LogP contribution in [0.25, 0.3) is 0 Å². The van der Waals surface area contributed by atoms with Crippen molar-refractivity contribution in [1.29, 1.82) is 0 Å². The van der Waals surface area contributed by atoms with Gasteiger partial charge >= 0.3 is 0 Å². The highest BCUT2D eigenvalue weighted by atomic mass is 16.6. The SMILES string of the molecule is O=C(N[C@H](Cn1cncn1)c1ccccc1)c1ccc(N2CCOCC2)c([N+](=O)[O-])c1. The number of anilines is 1. The van der Waals surface area contributed by atoms with Crippen molar-refractivity contribution in [2.75, 3.05) is 31.2 Å². The van der Waals surface area contributed by atoms with Crippen LogP contribution in [0.4, 0.5) is 11.4 Å². The van der Waals surface area contributed by atoms with E-state index in [9.17, 15) is 14.9 Å². The van der Waals surface area contributed by atoms with Gasteiger partial charge < -0.3 is 15.0 Å². The van der Waals surface area contributed by atoms with Crippen molar-refractivity contribution in [3.05, 3.63) is 82.4 Å². The largest absolute Gasteiger partial charge is 0.378 e. The molecule has 1 N–H and O–H groups in total. The molecular formula is C21H22N6O4. The van der Waals surface area contributed by atoms with Crippen LogP contribution >= 0.6 is 0 Å². The number of benzene rings is 2. The molecule has 0 radical (unpaired) electrons. The van der Waals surface area contributed by atoms with E-state index in [0.717, 1.165) is 5.56 Å². The van der Waals surface area contributed by atoms with E-state index < -0.39 is 10.8 Å². The lowest BCUT2D eigenvalue weighted by molar-refractivity contribution is -0.384. The van der Waals surface area contributed by atoms with Crippen molar-refractivity contribution in [3.63, 3.8) is 0 Å². The number of hydrogen-bond acceptors (Lipinski definition) is 7. The van der Waals surface area contributed by atoms with Gasteiger partial charge in [-0.25, -0.2) is 4.98 Å². The molecule has 1 amide bonds. The van der Waals surface area contributed by atoms with Crippen molar-refractivity contribution >= 4 is 17.3 Å². The van der Waals surface area contributed by atoms with Crippen LogP contribution < -0.4 is 10.2 Å². The monoisotopic (exact) mass is 422 g/mol. The van der Waals surface area contributed by atoms with Crippen LogP contribution in [0.15, 0.2) is 61.2 Å². The third-order valence-corrected chi connectivity index (χ3v) is 5.13. The van der Waals surface area contributed by atoms with E-state index in [1.807, 2.05) is 35.2 Å². The van der Waals surface area contributed by atoms with Gasteiger partial charge in [0.1, 0.15) is 18.3 Å². The number of nitro groups is 1. The zero-order valence-corrected chi connectivity index (χ0v) is 16.8. The summed E-state index contributed by atoms with van der Waals surface area (Å²) in [5.41, 5.74) is 1.52. The number of nitrogens with one attached hydrogen (secondary N) is 1. The number of carbonyl (C=O) groups is 1. The van der Waals surface area contributed by atoms with Crippen LogP contribution in [-0.4, -0.2) is 51.9 Å². The molecule has 0 saturated carbocycles. The number of morpholine rings is 1. The maximum atomic E-state index is 13.0. The van der Waals surface area contributed by atoms with E-state index in [2.05, 4.69) is 15.4 Å². The van der Waals surface area contributed by atoms with Crippen LogP contribution in [0.5, 0.6) is 0 Å². The summed E-state index contributed by atoms with van der Waals surface area (Å²) in [7, 11) is 0. The molecule has 1 atom stereocenters. The predicted octanol–water partition coefficient (Wildman–Crippen LogP) is 2.19. The molecule has 0 aliphatic carbocycles. The fourth-order valence-corrected chi connectivity index (χ4v) is 3.56. The average Bonchev–Trinajstić information content (AvgIpc) is 3.32. The Morgan fingerprint density at radius 3 is 2.65 bits per heavy atom. The number of aromatic nitrogens is 3. The molecule has 2 heterocycles. The molecule has 1 fully saturated rings. The zero-order valence-electron chi connectivity index (χ0n) is 16.8. The fourth-order valence-electron chi connectivity index (χ4n) is 3.56. The molecule has 10 nitrogen and oxygen atoms in total. The highest BCUT2D eigenvalue weighted by Gasteiger charge is 2.24. The molecule has 0 unspecified atom stereocenters. The summed E-state index contributed by atoms with van der Waals surface area (Å²) in [6.07, 6.45) is 3.00. The third kappa shape index (κ3) is 4.86. The number of nitro benzene ring substituents is 1. The number of hydrogen-bond donors (Lipinski definition) is 1. The summed E-state index contributed by atoms with van der Waals surface area (Å²) in [4.78, 5) is 30.1. The van der Waals surface area contributed by atoms with Crippen LogP contribution in [0.3, 0.4) is 0 Å². The maximum Gasteiger partial charge on any atom is 0.293 e. The van der Waals surface area contributed by atoms with Crippen LogP contribution in [-0.2, 0) is 11.3 Å². The molecule has 1 aromatic heterocycles. The summed E-state index contributed by atoms with van der Waals surface area (Å²) < 4.78 is 6.95. The predicted molar refractivity (Wildman–Crippen MR) is 113 cm³/mol. The maximum absolute atomic E-state index is 13.0. The second kappa shape index (κ2) is 9.35. The molecule has 1 aliphatic rings. The van der Waals surface area contributed by atoms with E-state index >= 15 is 0 Å². The van der Waals surface area contributed by atoms with Gasteiger partial charge in [0.2, 0.25) is 0 Å². The normalized spacial score (nSPS) is 14.8. The van der Waals surface area contributed by atoms with E-state index in [1.54, 1.807) is 23.1 Å². The lowest BCUT2D eigenvalue weighted by Crippen LogP contribution is -2.36. The molecule has 3 aromatic rings. The fraction of sp³-hybridized carbons (Fsp3) is 0.286. The lowest BCUT2D eigenvalue weighted by Gasteiger charge is -2.28. The highest BCUT2D eigenvalue weighted by molar-refractivity contribution is 5.96. The first-order chi connectivity index (χ1) is 15.1. The molecule has 10 heteroatoms. The minimum Gasteiger partial charge on any atom is -0.378 e. The van der Waals surface area contributed by atoms with Crippen molar-refractivity contribution < 1.29 is 14.5 Å². The van der Waals surface area contributed by atoms with E-state index in [1.165, 1.54) is 12.4 Å². The van der Waals surface area contributed by atoms with Crippen molar-refractivity contribution in [2.24, 2.45) is 0 Å². The van der Waals surface area contributed by atoms with Crippen LogP contribution in [0, 0.1) is 10.1 Å². The van der Waals surface area contributed by atoms with Gasteiger partial charge in [-0.3, -0.25) is 19.6 Å². The summed E-state index contributed by atoms with van der Waals surface area (Å²) in [5.74, 6) is -0.398. The minimum absolute atomic E-state index is 0.0953. The molecule has 31 heavy (non-hydrogen) atoms. The number of carbonyl (C=O) groups excluding carboxylic acids is 1. The number of ether oxygens (including phenoxy) is 1. The average molecular weight is 422 g/mol. The van der Waals surface area contributed by atoms with E-state index in [0.29, 0.717) is 38.5 Å². The number of rotatable bonds is 7. The zero-order chi connectivity index (χ0) is 21.6. The van der Waals surface area contributed by atoms with E-state index in [4.69, 9.17) is 4.74 Å². The van der Waals surface area contributed by atoms with Gasteiger partial charge in [0.05, 0.1) is 30.7 Å². The van der Waals surface area contributed by atoms with E-state index in [-0.39, 0.29) is 17.3 Å². The summed E-state index contributed by atoms with van der Waals surface area (Å²) >= 11 is 0. The Morgan fingerprint density at radius 1 is 1.19 bits per heavy atom. The molecular weight excluding hydrogens is 400 g/mol. The highest BCUT2D eigenvalue weighted by Crippen LogP contribution is 2.30. The van der Waals surface area contributed by atoms with Crippen LogP contribution in [0.1, 0.15) is 22.0 Å². The molecule has 160 valence electrons. The molecule has 1 aliphatic heterocycles. The first-order valence-electron chi connectivity index (χ1n) is 9.91. The van der Waals surface area contributed by atoms with Crippen molar-refractivity contribution in [3.8, 4) is 0 Å². The second-order valence-corrected chi connectivity index (χ2v) is 7.11. The Labute approximate surface area is 178 Å². The smallest absolute Gasteiger partial charge is 0.293 e. The first-order valence-corrected chi connectivity index (χ1v) is 9.91. The van der Waals surface area contributed by atoms with Gasteiger partial charge in [-0.05, 0) is 17.7 Å². The summed E-state index contributed by atoms with van der Waals surface area (Å²) in [5, 5.41) is 18.8. The summed E-state index contributed by atoms with van der Waals surface area (Å²) in [6.45, 7) is 2.55. The Hall–Kier alpha value is -3.79. The second-order valence-electron chi connectivity index (χ2n) is 7.11. The summed E-state index contributed by atoms with van der Waals surface area (Å²) in [6, 6.07) is 13.7. The van der Waals surface area contributed by atoms with Gasteiger partial charge in [0, 0.05) is 24.7 Å². The standard InChI is InChI=1S/C21H22N6O4/c28-21(24-18(13-26-15-22-14-23-26)16-4-2-1-3-5-16)17-6-7-19(20(12-17)27(29)30)25-8-10-31-11-9-25/h1-7,12,14-15,18H,8-11,13H2,(H,24,28)/t18-/m1/s1. The quantitative estimate of drug-likeness (QED) is 0.458. The van der Waals surface area contributed by atoms with Gasteiger partial charge in [0.25, 0.3) is 11.6 Å². The van der Waals surface area contributed by atoms with Gasteiger partial charge in [-0.2, -0.15) is 5.10 Å². The number of nitrogens with zero attached hydrogens (tertiary/aromatic N) is 5. The topological polar surface area (TPSA) is 115 Å². The van der Waals surface area contributed by atoms with Gasteiger partial charge in [-0.15, -0.1) is 0 Å². The molecule has 4 rings (SSSR count).